The lowest BCUT2D eigenvalue weighted by Gasteiger charge is -2.06. The van der Waals surface area contributed by atoms with E-state index in [1.54, 1.807) is 6.20 Å². The minimum Gasteiger partial charge on any atom is -0.361 e. The van der Waals surface area contributed by atoms with E-state index in [2.05, 4.69) is 9.97 Å². The molecular formula is C15H12ClN3O3S. The van der Waals surface area contributed by atoms with Crippen LogP contribution in [0.4, 0.5) is 0 Å². The minimum atomic E-state index is -4.01. The molecule has 8 heteroatoms. The Bertz CT molecular complexity index is 965. The second-order valence-corrected chi connectivity index (χ2v) is 6.95. The highest BCUT2D eigenvalue weighted by Crippen LogP contribution is 2.18. The molecule has 3 aromatic rings. The lowest BCUT2D eigenvalue weighted by Crippen LogP contribution is -2.32. The second kappa shape index (κ2) is 6.02. The van der Waals surface area contributed by atoms with Gasteiger partial charge in [0, 0.05) is 23.3 Å². The molecule has 2 heterocycles. The molecule has 0 atom stereocenters. The molecule has 0 aliphatic heterocycles. The SMILES string of the molecule is O=C(Cc1c[nH]c2ccccc12)NS(=O)(=O)c1ccc(Cl)cn1. The molecule has 6 nitrogen and oxygen atoms in total. The number of rotatable bonds is 4. The summed E-state index contributed by atoms with van der Waals surface area (Å²) in [6, 6.07) is 10.1. The molecule has 23 heavy (non-hydrogen) atoms. The molecule has 0 saturated carbocycles. The number of carbonyl (C=O) groups excluding carboxylic acids is 1. The molecular weight excluding hydrogens is 338 g/mol. The highest BCUT2D eigenvalue weighted by Gasteiger charge is 2.19. The van der Waals surface area contributed by atoms with Crippen LogP contribution in [0.2, 0.25) is 5.02 Å². The van der Waals surface area contributed by atoms with Gasteiger partial charge in [-0.05, 0) is 23.8 Å². The summed E-state index contributed by atoms with van der Waals surface area (Å²) in [6.07, 6.45) is 2.84. The molecule has 1 amide bonds. The van der Waals surface area contributed by atoms with E-state index in [1.165, 1.54) is 18.3 Å². The molecule has 0 spiro atoms. The van der Waals surface area contributed by atoms with Crippen molar-refractivity contribution in [2.45, 2.75) is 11.4 Å². The number of nitrogens with one attached hydrogen (secondary N) is 2. The Hall–Kier alpha value is -2.38. The van der Waals surface area contributed by atoms with Crippen LogP contribution in [0.3, 0.4) is 0 Å². The number of fused-ring (bicyclic) bond motifs is 1. The maximum atomic E-state index is 12.1. The average molecular weight is 350 g/mol. The van der Waals surface area contributed by atoms with Gasteiger partial charge < -0.3 is 4.98 Å². The number of aromatic nitrogens is 2. The lowest BCUT2D eigenvalue weighted by atomic mass is 10.1. The first-order chi connectivity index (χ1) is 11.0. The van der Waals surface area contributed by atoms with E-state index in [4.69, 9.17) is 11.6 Å². The lowest BCUT2D eigenvalue weighted by molar-refractivity contribution is -0.118. The molecule has 118 valence electrons. The van der Waals surface area contributed by atoms with Crippen molar-refractivity contribution in [3.05, 3.63) is 59.4 Å². The van der Waals surface area contributed by atoms with E-state index in [0.717, 1.165) is 16.5 Å². The zero-order chi connectivity index (χ0) is 16.4. The van der Waals surface area contributed by atoms with Gasteiger partial charge in [0.2, 0.25) is 5.91 Å². The van der Waals surface area contributed by atoms with Crippen LogP contribution < -0.4 is 4.72 Å². The summed E-state index contributed by atoms with van der Waals surface area (Å²) in [7, 11) is -4.01. The number of hydrogen-bond donors (Lipinski definition) is 2. The quantitative estimate of drug-likeness (QED) is 0.755. The number of para-hydroxylation sites is 1. The summed E-state index contributed by atoms with van der Waals surface area (Å²) in [6.45, 7) is 0. The fraction of sp³-hybridized carbons (Fsp3) is 0.0667. The Morgan fingerprint density at radius 3 is 2.74 bits per heavy atom. The van der Waals surface area contributed by atoms with Crippen molar-refractivity contribution in [1.29, 1.82) is 0 Å². The van der Waals surface area contributed by atoms with Gasteiger partial charge in [-0.25, -0.2) is 9.71 Å². The van der Waals surface area contributed by atoms with Crippen molar-refractivity contribution in [3.8, 4) is 0 Å². The van der Waals surface area contributed by atoms with E-state index in [0.29, 0.717) is 5.02 Å². The van der Waals surface area contributed by atoms with Gasteiger partial charge in [0.25, 0.3) is 10.0 Å². The van der Waals surface area contributed by atoms with Crippen LogP contribution in [-0.2, 0) is 21.2 Å². The van der Waals surface area contributed by atoms with Gasteiger partial charge in [-0.3, -0.25) is 4.79 Å². The van der Waals surface area contributed by atoms with E-state index < -0.39 is 15.9 Å². The number of nitrogens with zero attached hydrogens (tertiary/aromatic N) is 1. The van der Waals surface area contributed by atoms with Crippen molar-refractivity contribution in [3.63, 3.8) is 0 Å². The van der Waals surface area contributed by atoms with Gasteiger partial charge in [0.05, 0.1) is 11.4 Å². The van der Waals surface area contributed by atoms with E-state index in [-0.39, 0.29) is 11.4 Å². The summed E-state index contributed by atoms with van der Waals surface area (Å²) >= 11 is 5.67. The zero-order valence-electron chi connectivity index (χ0n) is 11.8. The smallest absolute Gasteiger partial charge is 0.281 e. The topological polar surface area (TPSA) is 91.9 Å². The van der Waals surface area contributed by atoms with Crippen molar-refractivity contribution in [1.82, 2.24) is 14.7 Å². The molecule has 0 fully saturated rings. The number of aromatic amines is 1. The standard InChI is InChI=1S/C15H12ClN3O3S/c16-11-5-6-15(18-9-11)23(21,22)19-14(20)7-10-8-17-13-4-2-1-3-12(10)13/h1-6,8-9,17H,7H2,(H,19,20). The first-order valence-corrected chi connectivity index (χ1v) is 8.54. The van der Waals surface area contributed by atoms with Gasteiger partial charge in [-0.1, -0.05) is 29.8 Å². The van der Waals surface area contributed by atoms with E-state index in [1.807, 2.05) is 29.0 Å². The largest absolute Gasteiger partial charge is 0.361 e. The van der Waals surface area contributed by atoms with E-state index >= 15 is 0 Å². The number of H-pyrrole nitrogens is 1. The van der Waals surface area contributed by atoms with Crippen LogP contribution >= 0.6 is 11.6 Å². The Morgan fingerprint density at radius 1 is 1.22 bits per heavy atom. The second-order valence-electron chi connectivity index (χ2n) is 4.88. The summed E-state index contributed by atoms with van der Waals surface area (Å²) in [5, 5.41) is 0.938. The molecule has 0 unspecified atom stereocenters. The number of hydrogen-bond acceptors (Lipinski definition) is 4. The number of sulfonamides is 1. The summed E-state index contributed by atoms with van der Waals surface area (Å²) < 4.78 is 26.2. The monoisotopic (exact) mass is 349 g/mol. The fourth-order valence-electron chi connectivity index (χ4n) is 2.21. The molecule has 1 aromatic carbocycles. The minimum absolute atomic E-state index is 0.0587. The molecule has 0 radical (unpaired) electrons. The zero-order valence-corrected chi connectivity index (χ0v) is 13.4. The van der Waals surface area contributed by atoms with Crippen molar-refractivity contribution in [2.75, 3.05) is 0 Å². The Kier molecular flexibility index (Phi) is 4.06. The van der Waals surface area contributed by atoms with Crippen LogP contribution in [0.15, 0.2) is 53.8 Å². The van der Waals surface area contributed by atoms with Crippen molar-refractivity contribution < 1.29 is 13.2 Å². The number of amides is 1. The van der Waals surface area contributed by atoms with Crippen LogP contribution in [-0.4, -0.2) is 24.3 Å². The maximum absolute atomic E-state index is 12.1. The van der Waals surface area contributed by atoms with Gasteiger partial charge in [-0.2, -0.15) is 8.42 Å². The number of carbonyl (C=O) groups is 1. The maximum Gasteiger partial charge on any atom is 0.281 e. The normalized spacial score (nSPS) is 11.5. The third-order valence-corrected chi connectivity index (χ3v) is 4.76. The Labute approximate surface area is 137 Å². The average Bonchev–Trinajstić information content (AvgIpc) is 2.90. The van der Waals surface area contributed by atoms with Gasteiger partial charge >= 0.3 is 0 Å². The predicted octanol–water partition coefficient (Wildman–Crippen LogP) is 2.26. The Morgan fingerprint density at radius 2 is 2.00 bits per heavy atom. The van der Waals surface area contributed by atoms with E-state index in [9.17, 15) is 13.2 Å². The van der Waals surface area contributed by atoms with Gasteiger partial charge in [-0.15, -0.1) is 0 Å². The van der Waals surface area contributed by atoms with Crippen molar-refractivity contribution >= 4 is 38.4 Å². The first kappa shape index (κ1) is 15.5. The van der Waals surface area contributed by atoms with Gasteiger partial charge in [0.1, 0.15) is 0 Å². The Balaban J connectivity index is 1.77. The number of pyridine rings is 1. The fourth-order valence-corrected chi connectivity index (χ4v) is 3.24. The summed E-state index contributed by atoms with van der Waals surface area (Å²) in [4.78, 5) is 18.8. The number of benzene rings is 1. The first-order valence-electron chi connectivity index (χ1n) is 6.68. The molecule has 2 aromatic heterocycles. The summed E-state index contributed by atoms with van der Waals surface area (Å²) in [5.41, 5.74) is 1.61. The van der Waals surface area contributed by atoms with Crippen molar-refractivity contribution in [2.24, 2.45) is 0 Å². The molecule has 0 aliphatic rings. The third-order valence-electron chi connectivity index (χ3n) is 3.25. The molecule has 0 bridgehead atoms. The molecule has 0 aliphatic carbocycles. The summed E-state index contributed by atoms with van der Waals surface area (Å²) in [5.74, 6) is -0.633. The predicted molar refractivity (Wildman–Crippen MR) is 86.6 cm³/mol. The highest BCUT2D eigenvalue weighted by atomic mass is 35.5. The third kappa shape index (κ3) is 3.35. The van der Waals surface area contributed by atoms with Crippen LogP contribution in [0.5, 0.6) is 0 Å². The van der Waals surface area contributed by atoms with Crippen LogP contribution in [0.1, 0.15) is 5.56 Å². The molecule has 0 saturated heterocycles. The van der Waals surface area contributed by atoms with Gasteiger partial charge in [0.15, 0.2) is 5.03 Å². The van der Waals surface area contributed by atoms with Crippen LogP contribution in [0, 0.1) is 0 Å². The van der Waals surface area contributed by atoms with Crippen LogP contribution in [0.25, 0.3) is 10.9 Å². The number of halogens is 1. The molecule has 2 N–H and O–H groups in total. The molecule has 3 rings (SSSR count). The highest BCUT2D eigenvalue weighted by molar-refractivity contribution is 7.90.